The van der Waals surface area contributed by atoms with Crippen molar-refractivity contribution in [1.29, 1.82) is 0 Å². The van der Waals surface area contributed by atoms with Crippen LogP contribution in [0.25, 0.3) is 0 Å². The highest BCUT2D eigenvalue weighted by atomic mass is 35.5. The minimum Gasteiger partial charge on any atom is -0.356 e. The highest BCUT2D eigenvalue weighted by molar-refractivity contribution is 7.09. The van der Waals surface area contributed by atoms with E-state index in [1.54, 1.807) is 18.4 Å². The highest BCUT2D eigenvalue weighted by Gasteiger charge is 2.07. The third kappa shape index (κ3) is 5.00. The number of aromatic nitrogens is 1. The van der Waals surface area contributed by atoms with Crippen LogP contribution in [0.4, 0.5) is 0 Å². The van der Waals surface area contributed by atoms with Gasteiger partial charge in [-0.3, -0.25) is 4.99 Å². The monoisotopic (exact) mass is 336 g/mol. The molecule has 0 spiro atoms. The zero-order valence-corrected chi connectivity index (χ0v) is 14.7. The molecule has 0 aliphatic rings. The van der Waals surface area contributed by atoms with Crippen LogP contribution in [0.1, 0.15) is 16.3 Å². The van der Waals surface area contributed by atoms with E-state index in [0.717, 1.165) is 41.2 Å². The number of aryl methyl sites for hydroxylation is 1. The first kappa shape index (κ1) is 16.8. The summed E-state index contributed by atoms with van der Waals surface area (Å²) in [7, 11) is 3.82. The molecule has 0 amide bonds. The predicted molar refractivity (Wildman–Crippen MR) is 94.8 cm³/mol. The number of hydrogen-bond donors (Lipinski definition) is 1. The van der Waals surface area contributed by atoms with Crippen molar-refractivity contribution in [1.82, 2.24) is 15.2 Å². The molecule has 0 unspecified atom stereocenters. The Morgan fingerprint density at radius 3 is 2.68 bits per heavy atom. The first-order chi connectivity index (χ1) is 10.6. The Morgan fingerprint density at radius 2 is 2.09 bits per heavy atom. The topological polar surface area (TPSA) is 40.5 Å². The second-order valence-corrected chi connectivity index (χ2v) is 6.56. The van der Waals surface area contributed by atoms with E-state index < -0.39 is 0 Å². The second-order valence-electron chi connectivity index (χ2n) is 5.06. The summed E-state index contributed by atoms with van der Waals surface area (Å²) in [6.45, 7) is 3.63. The molecule has 1 aromatic heterocycles. The summed E-state index contributed by atoms with van der Waals surface area (Å²) < 4.78 is 0. The summed E-state index contributed by atoms with van der Waals surface area (Å²) in [5.74, 6) is 0.877. The molecule has 2 aromatic rings. The number of halogens is 1. The van der Waals surface area contributed by atoms with Gasteiger partial charge in [0, 0.05) is 44.0 Å². The lowest BCUT2D eigenvalue weighted by Gasteiger charge is -2.22. The van der Waals surface area contributed by atoms with Crippen LogP contribution in [0.2, 0.25) is 5.02 Å². The number of aliphatic imine (C=N–C) groups is 1. The Morgan fingerprint density at radius 1 is 1.36 bits per heavy atom. The van der Waals surface area contributed by atoms with E-state index in [2.05, 4.69) is 25.6 Å². The summed E-state index contributed by atoms with van der Waals surface area (Å²) in [6.07, 6.45) is 0.901. The minimum atomic E-state index is 0.757. The quantitative estimate of drug-likeness (QED) is 0.672. The van der Waals surface area contributed by atoms with Crippen LogP contribution in [0.15, 0.2) is 34.6 Å². The van der Waals surface area contributed by atoms with Crippen LogP contribution in [0.5, 0.6) is 0 Å². The van der Waals surface area contributed by atoms with Crippen LogP contribution >= 0.6 is 22.9 Å². The summed E-state index contributed by atoms with van der Waals surface area (Å²) in [5, 5.41) is 7.35. The van der Waals surface area contributed by atoms with Crippen molar-refractivity contribution in [3.8, 4) is 0 Å². The number of guanidine groups is 1. The molecule has 0 saturated carbocycles. The molecule has 0 fully saturated rings. The van der Waals surface area contributed by atoms with Crippen LogP contribution in [0.3, 0.4) is 0 Å². The third-order valence-electron chi connectivity index (χ3n) is 3.24. The fraction of sp³-hybridized carbons (Fsp3) is 0.375. The van der Waals surface area contributed by atoms with Crippen LogP contribution in [0, 0.1) is 6.92 Å². The summed E-state index contributed by atoms with van der Waals surface area (Å²) in [5.41, 5.74) is 2.33. The first-order valence-corrected chi connectivity index (χ1v) is 8.41. The molecule has 1 aromatic carbocycles. The van der Waals surface area contributed by atoms with Crippen LogP contribution < -0.4 is 5.32 Å². The fourth-order valence-corrected chi connectivity index (χ4v) is 2.92. The first-order valence-electron chi connectivity index (χ1n) is 7.15. The molecule has 4 nitrogen and oxygen atoms in total. The summed E-state index contributed by atoms with van der Waals surface area (Å²) in [4.78, 5) is 10.9. The van der Waals surface area contributed by atoms with Gasteiger partial charge in [0.05, 0.1) is 10.7 Å². The largest absolute Gasteiger partial charge is 0.356 e. The van der Waals surface area contributed by atoms with Crippen molar-refractivity contribution in [2.24, 2.45) is 4.99 Å². The van der Waals surface area contributed by atoms with Gasteiger partial charge in [-0.15, -0.1) is 11.3 Å². The minimum absolute atomic E-state index is 0.757. The van der Waals surface area contributed by atoms with Crippen molar-refractivity contribution < 1.29 is 0 Å². The van der Waals surface area contributed by atoms with Gasteiger partial charge >= 0.3 is 0 Å². The van der Waals surface area contributed by atoms with Gasteiger partial charge in [-0.1, -0.05) is 23.7 Å². The van der Waals surface area contributed by atoms with E-state index in [0.29, 0.717) is 0 Å². The lowest BCUT2D eigenvalue weighted by Crippen LogP contribution is -2.39. The van der Waals surface area contributed by atoms with Crippen LogP contribution in [-0.2, 0) is 13.0 Å². The highest BCUT2D eigenvalue weighted by Crippen LogP contribution is 2.11. The maximum atomic E-state index is 5.91. The molecular weight excluding hydrogens is 316 g/mol. The number of nitrogens with one attached hydrogen (secondary N) is 1. The number of rotatable bonds is 5. The average molecular weight is 337 g/mol. The molecule has 0 atom stereocenters. The standard InChI is InChI=1S/C16H21ClN4S/c1-12-20-15(11-22-12)8-9-19-16(18-2)21(3)10-13-4-6-14(17)7-5-13/h4-7,11H,8-10H2,1-3H3,(H,18,19). The van der Waals surface area contributed by atoms with Gasteiger partial charge in [0.1, 0.15) is 0 Å². The normalized spacial score (nSPS) is 11.5. The van der Waals surface area contributed by atoms with E-state index in [-0.39, 0.29) is 0 Å². The molecule has 0 aliphatic heterocycles. The average Bonchev–Trinajstić information content (AvgIpc) is 2.91. The molecule has 118 valence electrons. The van der Waals surface area contributed by atoms with E-state index in [1.807, 2.05) is 38.2 Å². The van der Waals surface area contributed by atoms with Crippen molar-refractivity contribution in [3.63, 3.8) is 0 Å². The fourth-order valence-electron chi connectivity index (χ4n) is 2.15. The second kappa shape index (κ2) is 8.15. The maximum absolute atomic E-state index is 5.91. The van der Waals surface area contributed by atoms with Crippen molar-refractivity contribution in [3.05, 3.63) is 50.9 Å². The van der Waals surface area contributed by atoms with Crippen LogP contribution in [-0.4, -0.2) is 36.5 Å². The molecule has 6 heteroatoms. The molecule has 0 radical (unpaired) electrons. The molecule has 0 bridgehead atoms. The number of hydrogen-bond acceptors (Lipinski definition) is 3. The van der Waals surface area contributed by atoms with E-state index in [1.165, 1.54) is 5.56 Å². The van der Waals surface area contributed by atoms with Gasteiger partial charge in [-0.05, 0) is 24.6 Å². The van der Waals surface area contributed by atoms with Gasteiger partial charge in [-0.25, -0.2) is 4.98 Å². The van der Waals surface area contributed by atoms with E-state index in [4.69, 9.17) is 11.6 Å². The summed E-state index contributed by atoms with van der Waals surface area (Å²) >= 11 is 7.60. The Hall–Kier alpha value is -1.59. The van der Waals surface area contributed by atoms with Gasteiger partial charge in [-0.2, -0.15) is 0 Å². The smallest absolute Gasteiger partial charge is 0.193 e. The molecular formula is C16H21ClN4S. The SMILES string of the molecule is CN=C(NCCc1csc(C)n1)N(C)Cc1ccc(Cl)cc1. The predicted octanol–water partition coefficient (Wildman–Crippen LogP) is 3.35. The Labute approximate surface area is 140 Å². The Bertz CT molecular complexity index is 621. The van der Waals surface area contributed by atoms with Crippen molar-refractivity contribution in [2.75, 3.05) is 20.6 Å². The number of thiazole rings is 1. The molecule has 2 rings (SSSR count). The van der Waals surface area contributed by atoms with Gasteiger partial charge in [0.15, 0.2) is 5.96 Å². The zero-order chi connectivity index (χ0) is 15.9. The molecule has 22 heavy (non-hydrogen) atoms. The Kier molecular flexibility index (Phi) is 6.21. The van der Waals surface area contributed by atoms with Gasteiger partial charge in [0.25, 0.3) is 0 Å². The lowest BCUT2D eigenvalue weighted by atomic mass is 10.2. The summed E-state index contributed by atoms with van der Waals surface area (Å²) in [6, 6.07) is 7.88. The molecule has 0 aliphatic carbocycles. The van der Waals surface area contributed by atoms with Gasteiger partial charge < -0.3 is 10.2 Å². The van der Waals surface area contributed by atoms with E-state index in [9.17, 15) is 0 Å². The molecule has 1 heterocycles. The number of nitrogens with zero attached hydrogens (tertiary/aromatic N) is 3. The van der Waals surface area contributed by atoms with Gasteiger partial charge in [0.2, 0.25) is 0 Å². The Balaban J connectivity index is 1.83. The number of benzene rings is 1. The maximum Gasteiger partial charge on any atom is 0.193 e. The van der Waals surface area contributed by atoms with Crippen molar-refractivity contribution in [2.45, 2.75) is 19.9 Å². The van der Waals surface area contributed by atoms with Crippen molar-refractivity contribution >= 4 is 28.9 Å². The lowest BCUT2D eigenvalue weighted by molar-refractivity contribution is 0.477. The zero-order valence-electron chi connectivity index (χ0n) is 13.1. The molecule has 1 N–H and O–H groups in total. The molecule has 0 saturated heterocycles. The third-order valence-corrected chi connectivity index (χ3v) is 4.31. The van der Waals surface area contributed by atoms with E-state index >= 15 is 0 Å².